The normalized spacial score (nSPS) is 17.8. The topological polar surface area (TPSA) is 29.9 Å². The fraction of sp³-hybridized carbons (Fsp3) is 0.786. The van der Waals surface area contributed by atoms with Gasteiger partial charge in [-0.3, -0.25) is 4.68 Å². The summed E-state index contributed by atoms with van der Waals surface area (Å²) in [4.78, 5) is 0. The molecule has 1 aromatic rings. The minimum Gasteiger partial charge on any atom is -0.314 e. The highest BCUT2D eigenvalue weighted by atomic mass is 35.5. The second kappa shape index (κ2) is 6.07. The summed E-state index contributed by atoms with van der Waals surface area (Å²) in [5, 5.41) is 8.83. The number of rotatable bonds is 6. The summed E-state index contributed by atoms with van der Waals surface area (Å²) in [5.74, 6) is 0.919. The summed E-state index contributed by atoms with van der Waals surface area (Å²) in [6.45, 7) is 5.16. The van der Waals surface area contributed by atoms with Gasteiger partial charge in [-0.2, -0.15) is 5.10 Å². The molecule has 4 heteroatoms. The van der Waals surface area contributed by atoms with Crippen molar-refractivity contribution in [2.75, 3.05) is 6.54 Å². The molecule has 1 fully saturated rings. The molecule has 0 aromatic carbocycles. The van der Waals surface area contributed by atoms with Crippen molar-refractivity contribution in [1.29, 1.82) is 0 Å². The van der Waals surface area contributed by atoms with Crippen LogP contribution >= 0.6 is 11.6 Å². The van der Waals surface area contributed by atoms with Crippen molar-refractivity contribution in [2.45, 2.75) is 52.0 Å². The lowest BCUT2D eigenvalue weighted by atomic mass is 9.80. The molecule has 1 atom stereocenters. The summed E-state index contributed by atoms with van der Waals surface area (Å²) in [7, 11) is 1.99. The van der Waals surface area contributed by atoms with Crippen molar-refractivity contribution in [1.82, 2.24) is 15.1 Å². The van der Waals surface area contributed by atoms with E-state index < -0.39 is 0 Å². The maximum Gasteiger partial charge on any atom is 0.0847 e. The Bertz CT molecular complexity index is 396. The monoisotopic (exact) mass is 269 g/mol. The van der Waals surface area contributed by atoms with Gasteiger partial charge in [0, 0.05) is 19.5 Å². The number of nitrogens with zero attached hydrogens (tertiary/aromatic N) is 2. The van der Waals surface area contributed by atoms with E-state index in [0.717, 1.165) is 29.6 Å². The van der Waals surface area contributed by atoms with Crippen molar-refractivity contribution in [2.24, 2.45) is 13.0 Å². The van der Waals surface area contributed by atoms with E-state index in [1.807, 2.05) is 18.7 Å². The van der Waals surface area contributed by atoms with Crippen LogP contribution in [0.5, 0.6) is 0 Å². The summed E-state index contributed by atoms with van der Waals surface area (Å²) in [6, 6.07) is 0.535. The zero-order chi connectivity index (χ0) is 13.1. The maximum absolute atomic E-state index is 6.33. The number of aromatic nitrogens is 2. The molecule has 1 heterocycles. The molecule has 1 aliphatic rings. The first kappa shape index (κ1) is 13.9. The average Bonchev–Trinajstić information content (AvgIpc) is 2.50. The van der Waals surface area contributed by atoms with Gasteiger partial charge in [0.15, 0.2) is 0 Å². The van der Waals surface area contributed by atoms with Crippen molar-refractivity contribution in [3.8, 4) is 0 Å². The molecule has 2 rings (SSSR count). The lowest BCUT2D eigenvalue weighted by molar-refractivity contribution is 0.259. The molecule has 0 bridgehead atoms. The van der Waals surface area contributed by atoms with Crippen LogP contribution in [0.4, 0.5) is 0 Å². The lowest BCUT2D eigenvalue weighted by Gasteiger charge is -2.30. The van der Waals surface area contributed by atoms with E-state index in [0.29, 0.717) is 6.04 Å². The first-order valence-corrected chi connectivity index (χ1v) is 7.41. The van der Waals surface area contributed by atoms with Gasteiger partial charge in [-0.15, -0.1) is 0 Å². The molecule has 1 aromatic heterocycles. The van der Waals surface area contributed by atoms with Gasteiger partial charge in [0.2, 0.25) is 0 Å². The van der Waals surface area contributed by atoms with E-state index in [1.165, 1.54) is 31.4 Å². The number of halogens is 1. The quantitative estimate of drug-likeness (QED) is 0.860. The zero-order valence-electron chi connectivity index (χ0n) is 11.7. The Hall–Kier alpha value is -0.540. The highest BCUT2D eigenvalue weighted by molar-refractivity contribution is 6.31. The van der Waals surface area contributed by atoms with E-state index in [9.17, 15) is 0 Å². The Morgan fingerprint density at radius 1 is 1.50 bits per heavy atom. The third kappa shape index (κ3) is 3.07. The zero-order valence-corrected chi connectivity index (χ0v) is 12.4. The minimum atomic E-state index is 0.535. The molecule has 18 heavy (non-hydrogen) atoms. The highest BCUT2D eigenvalue weighted by Crippen LogP contribution is 2.31. The SMILES string of the molecule is CCNC(Cc1c(Cl)c(C)nn1C)CC1CCC1. The van der Waals surface area contributed by atoms with Crippen LogP contribution in [0.2, 0.25) is 5.02 Å². The molecule has 1 saturated carbocycles. The fourth-order valence-electron chi connectivity index (χ4n) is 2.79. The van der Waals surface area contributed by atoms with Crippen LogP contribution in [0.15, 0.2) is 0 Å². The number of nitrogens with one attached hydrogen (secondary N) is 1. The van der Waals surface area contributed by atoms with E-state index >= 15 is 0 Å². The van der Waals surface area contributed by atoms with Crippen LogP contribution in [0.1, 0.15) is 44.0 Å². The van der Waals surface area contributed by atoms with Gasteiger partial charge >= 0.3 is 0 Å². The molecule has 0 spiro atoms. The molecular weight excluding hydrogens is 246 g/mol. The minimum absolute atomic E-state index is 0.535. The number of likely N-dealkylation sites (N-methyl/N-ethyl adjacent to an activating group) is 1. The van der Waals surface area contributed by atoms with Crippen LogP contribution in [0, 0.1) is 12.8 Å². The molecule has 1 unspecified atom stereocenters. The van der Waals surface area contributed by atoms with E-state index in [4.69, 9.17) is 11.6 Å². The predicted molar refractivity (Wildman–Crippen MR) is 76.1 cm³/mol. The summed E-state index contributed by atoms with van der Waals surface area (Å²) < 4.78 is 1.93. The Morgan fingerprint density at radius 2 is 2.22 bits per heavy atom. The molecule has 102 valence electrons. The van der Waals surface area contributed by atoms with E-state index in [1.54, 1.807) is 0 Å². The van der Waals surface area contributed by atoms with Gasteiger partial charge in [0.1, 0.15) is 0 Å². The van der Waals surface area contributed by atoms with Crippen LogP contribution in [0.25, 0.3) is 0 Å². The molecular formula is C14H24ClN3. The van der Waals surface area contributed by atoms with Crippen LogP contribution < -0.4 is 5.32 Å². The standard InChI is InChI=1S/C14H24ClN3/c1-4-16-12(8-11-6-5-7-11)9-13-14(15)10(2)17-18(13)3/h11-12,16H,4-9H2,1-3H3. The second-order valence-corrected chi connectivity index (χ2v) is 5.84. The van der Waals surface area contributed by atoms with Crippen LogP contribution in [-0.4, -0.2) is 22.4 Å². The molecule has 1 aliphatic carbocycles. The van der Waals surface area contributed by atoms with Crippen LogP contribution in [-0.2, 0) is 13.5 Å². The summed E-state index contributed by atoms with van der Waals surface area (Å²) in [5.41, 5.74) is 2.10. The molecule has 0 amide bonds. The molecule has 1 N–H and O–H groups in total. The lowest BCUT2D eigenvalue weighted by Crippen LogP contribution is -2.35. The molecule has 0 saturated heterocycles. The number of aryl methyl sites for hydroxylation is 2. The highest BCUT2D eigenvalue weighted by Gasteiger charge is 2.23. The smallest absolute Gasteiger partial charge is 0.0847 e. The number of hydrogen-bond donors (Lipinski definition) is 1. The molecule has 0 radical (unpaired) electrons. The maximum atomic E-state index is 6.33. The summed E-state index contributed by atoms with van der Waals surface area (Å²) >= 11 is 6.33. The van der Waals surface area contributed by atoms with E-state index in [2.05, 4.69) is 17.3 Å². The molecule has 3 nitrogen and oxygen atoms in total. The Labute approximate surface area is 115 Å². The first-order chi connectivity index (χ1) is 8.61. The fourth-order valence-corrected chi connectivity index (χ4v) is 3.03. The molecule has 0 aliphatic heterocycles. The van der Waals surface area contributed by atoms with Crippen LogP contribution in [0.3, 0.4) is 0 Å². The third-order valence-corrected chi connectivity index (χ3v) is 4.53. The van der Waals surface area contributed by atoms with E-state index in [-0.39, 0.29) is 0 Å². The first-order valence-electron chi connectivity index (χ1n) is 7.03. The van der Waals surface area contributed by atoms with Gasteiger partial charge in [-0.05, 0) is 25.8 Å². The van der Waals surface area contributed by atoms with Gasteiger partial charge in [-0.25, -0.2) is 0 Å². The average molecular weight is 270 g/mol. The van der Waals surface area contributed by atoms with Gasteiger partial charge in [0.25, 0.3) is 0 Å². The van der Waals surface area contributed by atoms with Crippen molar-refractivity contribution in [3.63, 3.8) is 0 Å². The van der Waals surface area contributed by atoms with Gasteiger partial charge in [0.05, 0.1) is 16.4 Å². The third-order valence-electron chi connectivity index (χ3n) is 4.04. The second-order valence-electron chi connectivity index (χ2n) is 5.46. The Kier molecular flexibility index (Phi) is 4.68. The Balaban J connectivity index is 2.02. The largest absolute Gasteiger partial charge is 0.314 e. The summed E-state index contributed by atoms with van der Waals surface area (Å²) in [6.07, 6.45) is 6.48. The van der Waals surface area contributed by atoms with Gasteiger partial charge in [-0.1, -0.05) is 37.8 Å². The van der Waals surface area contributed by atoms with Crippen molar-refractivity contribution >= 4 is 11.6 Å². The Morgan fingerprint density at radius 3 is 2.67 bits per heavy atom. The predicted octanol–water partition coefficient (Wildman–Crippen LogP) is 3.09. The number of hydrogen-bond acceptors (Lipinski definition) is 2. The van der Waals surface area contributed by atoms with Gasteiger partial charge < -0.3 is 5.32 Å². The van der Waals surface area contributed by atoms with Crippen molar-refractivity contribution < 1.29 is 0 Å². The van der Waals surface area contributed by atoms with Crippen molar-refractivity contribution in [3.05, 3.63) is 16.4 Å².